The van der Waals surface area contributed by atoms with Gasteiger partial charge in [-0.3, -0.25) is 4.79 Å². The molecular weight excluding hydrogens is 412 g/mol. The summed E-state index contributed by atoms with van der Waals surface area (Å²) in [5.74, 6) is 4.78. The molecule has 0 bridgehead atoms. The lowest BCUT2D eigenvalue weighted by molar-refractivity contribution is -0.156. The molecule has 1 aliphatic heterocycles. The zero-order chi connectivity index (χ0) is 23.8. The quantitative estimate of drug-likeness (QED) is 0.300. The third-order valence-corrected chi connectivity index (χ3v) is 15.8. The van der Waals surface area contributed by atoms with Crippen LogP contribution in [0.5, 0.6) is 0 Å². The van der Waals surface area contributed by atoms with Crippen LogP contribution in [0.3, 0.4) is 0 Å². The molecule has 0 saturated carbocycles. The van der Waals surface area contributed by atoms with Crippen molar-refractivity contribution >= 4 is 22.9 Å². The Hall–Kier alpha value is -0.496. The van der Waals surface area contributed by atoms with Gasteiger partial charge < -0.3 is 18.3 Å². The smallest absolute Gasteiger partial charge is 0.193 e. The first kappa shape index (κ1) is 27.5. The standard InChI is InChI=1S/C23H44O5Si2/c1-17(27-29(10,11)21(2,3)4)19-20(26-23(8,9)25-19)18(15-14-16-24)28-30(12,13)22(5,6)7/h16-20H,1-13H3/t17-,18-,19-,20-/m0/s1. The number of carbonyl (C=O) groups excluding carboxylic acids is 1. The molecule has 174 valence electrons. The van der Waals surface area contributed by atoms with Crippen LogP contribution in [-0.4, -0.2) is 53.1 Å². The highest BCUT2D eigenvalue weighted by atomic mass is 28.4. The number of hydrogen-bond acceptors (Lipinski definition) is 5. The van der Waals surface area contributed by atoms with Crippen molar-refractivity contribution in [2.75, 3.05) is 0 Å². The van der Waals surface area contributed by atoms with E-state index in [9.17, 15) is 4.79 Å². The molecule has 0 aromatic rings. The topological polar surface area (TPSA) is 54.0 Å². The summed E-state index contributed by atoms with van der Waals surface area (Å²) in [6.07, 6.45) is -0.936. The Kier molecular flexibility index (Phi) is 8.41. The zero-order valence-electron chi connectivity index (χ0n) is 21.4. The first-order valence-corrected chi connectivity index (χ1v) is 16.7. The molecule has 1 aliphatic rings. The Labute approximate surface area is 186 Å². The lowest BCUT2D eigenvalue weighted by Gasteiger charge is -2.42. The molecule has 0 spiro atoms. The van der Waals surface area contributed by atoms with E-state index in [2.05, 4.69) is 79.6 Å². The minimum atomic E-state index is -2.16. The Morgan fingerprint density at radius 1 is 0.900 bits per heavy atom. The van der Waals surface area contributed by atoms with E-state index in [-0.39, 0.29) is 22.3 Å². The second kappa shape index (κ2) is 9.17. The predicted octanol–water partition coefficient (Wildman–Crippen LogP) is 5.51. The third kappa shape index (κ3) is 6.75. The van der Waals surface area contributed by atoms with E-state index in [4.69, 9.17) is 18.3 Å². The lowest BCUT2D eigenvalue weighted by Crippen LogP contribution is -2.53. The Balaban J connectivity index is 3.27. The van der Waals surface area contributed by atoms with Crippen LogP contribution in [0.15, 0.2) is 0 Å². The maximum absolute atomic E-state index is 11.0. The number of ether oxygens (including phenoxy) is 2. The molecule has 0 unspecified atom stereocenters. The van der Waals surface area contributed by atoms with E-state index in [0.29, 0.717) is 6.29 Å². The van der Waals surface area contributed by atoms with Crippen LogP contribution in [0, 0.1) is 11.8 Å². The maximum atomic E-state index is 11.0. The molecule has 0 aliphatic carbocycles. The van der Waals surface area contributed by atoms with Gasteiger partial charge in [0.25, 0.3) is 0 Å². The zero-order valence-corrected chi connectivity index (χ0v) is 23.4. The van der Waals surface area contributed by atoms with Gasteiger partial charge in [0.2, 0.25) is 0 Å². The van der Waals surface area contributed by atoms with Crippen LogP contribution >= 0.6 is 0 Å². The molecule has 0 N–H and O–H groups in total. The van der Waals surface area contributed by atoms with Gasteiger partial charge in [0.1, 0.15) is 18.3 Å². The van der Waals surface area contributed by atoms with Crippen molar-refractivity contribution in [3.63, 3.8) is 0 Å². The number of rotatable bonds is 6. The second-order valence-corrected chi connectivity index (χ2v) is 21.4. The van der Waals surface area contributed by atoms with Gasteiger partial charge in [-0.05, 0) is 63.0 Å². The normalized spacial score (nSPS) is 24.7. The molecule has 0 aromatic carbocycles. The van der Waals surface area contributed by atoms with Crippen LogP contribution < -0.4 is 0 Å². The SMILES string of the molecule is C[C@H](O[Si](C)(C)C(C)(C)C)[C@@H]1OC(C)(C)O[C@H]1[C@H](C#CC=O)O[Si](C)(C)C(C)(C)C. The van der Waals surface area contributed by atoms with E-state index >= 15 is 0 Å². The molecule has 1 heterocycles. The molecule has 7 heteroatoms. The molecule has 1 saturated heterocycles. The fourth-order valence-corrected chi connectivity index (χ4v) is 5.51. The second-order valence-electron chi connectivity index (χ2n) is 11.9. The number of hydrogen-bond donors (Lipinski definition) is 0. The molecule has 5 nitrogen and oxygen atoms in total. The summed E-state index contributed by atoms with van der Waals surface area (Å²) in [6.45, 7) is 27.9. The molecule has 0 amide bonds. The molecule has 1 rings (SSSR count). The largest absolute Gasteiger partial charge is 0.411 e. The van der Waals surface area contributed by atoms with Crippen molar-refractivity contribution in [3.8, 4) is 11.8 Å². The monoisotopic (exact) mass is 456 g/mol. The lowest BCUT2D eigenvalue weighted by atomic mass is 10.0. The summed E-state index contributed by atoms with van der Waals surface area (Å²) >= 11 is 0. The molecule has 0 aromatic heterocycles. The fraction of sp³-hybridized carbons (Fsp3) is 0.870. The van der Waals surface area contributed by atoms with Gasteiger partial charge in [0.05, 0.1) is 6.10 Å². The van der Waals surface area contributed by atoms with Crippen LogP contribution in [0.2, 0.25) is 36.3 Å². The highest BCUT2D eigenvalue weighted by molar-refractivity contribution is 6.74. The van der Waals surface area contributed by atoms with Crippen LogP contribution in [0.1, 0.15) is 62.3 Å². The fourth-order valence-electron chi connectivity index (χ4n) is 2.91. The Bertz CT molecular complexity index is 662. The summed E-state index contributed by atoms with van der Waals surface area (Å²) < 4.78 is 25.8. The van der Waals surface area contributed by atoms with Gasteiger partial charge in [-0.2, -0.15) is 0 Å². The summed E-state index contributed by atoms with van der Waals surface area (Å²) in [4.78, 5) is 11.0. The summed E-state index contributed by atoms with van der Waals surface area (Å²) in [7, 11) is -4.17. The van der Waals surface area contributed by atoms with Gasteiger partial charge in [-0.25, -0.2) is 0 Å². The molecule has 4 atom stereocenters. The average Bonchev–Trinajstić information content (AvgIpc) is 2.84. The first-order chi connectivity index (χ1) is 13.2. The Morgan fingerprint density at radius 2 is 1.33 bits per heavy atom. The van der Waals surface area contributed by atoms with Gasteiger partial charge >= 0.3 is 0 Å². The van der Waals surface area contributed by atoms with Crippen molar-refractivity contribution in [1.82, 2.24) is 0 Å². The minimum Gasteiger partial charge on any atom is -0.411 e. The van der Waals surface area contributed by atoms with E-state index in [1.54, 1.807) is 0 Å². The minimum absolute atomic E-state index is 0.00183. The van der Waals surface area contributed by atoms with E-state index < -0.39 is 34.6 Å². The average molecular weight is 457 g/mol. The summed E-state index contributed by atoms with van der Waals surface area (Å²) in [5, 5.41) is 0.0853. The number of carbonyl (C=O) groups is 1. The van der Waals surface area contributed by atoms with Gasteiger partial charge in [0, 0.05) is 0 Å². The predicted molar refractivity (Wildman–Crippen MR) is 127 cm³/mol. The molecule has 0 radical (unpaired) electrons. The van der Waals surface area contributed by atoms with Crippen molar-refractivity contribution in [1.29, 1.82) is 0 Å². The molecule has 1 fully saturated rings. The van der Waals surface area contributed by atoms with Gasteiger partial charge in [0.15, 0.2) is 28.7 Å². The van der Waals surface area contributed by atoms with Crippen molar-refractivity contribution in [2.45, 2.75) is 129 Å². The molecular formula is C23H44O5Si2. The van der Waals surface area contributed by atoms with Crippen molar-refractivity contribution in [3.05, 3.63) is 0 Å². The van der Waals surface area contributed by atoms with Crippen LogP contribution in [0.4, 0.5) is 0 Å². The first-order valence-electron chi connectivity index (χ1n) is 10.9. The van der Waals surface area contributed by atoms with E-state index in [0.717, 1.165) is 0 Å². The summed E-state index contributed by atoms with van der Waals surface area (Å²) in [6, 6.07) is 0. The third-order valence-electron chi connectivity index (χ3n) is 6.72. The van der Waals surface area contributed by atoms with Crippen molar-refractivity contribution < 1.29 is 23.1 Å². The molecule has 30 heavy (non-hydrogen) atoms. The van der Waals surface area contributed by atoms with E-state index in [1.807, 2.05) is 20.8 Å². The summed E-state index contributed by atoms with van der Waals surface area (Å²) in [5.41, 5.74) is 0. The number of aldehydes is 1. The van der Waals surface area contributed by atoms with Crippen molar-refractivity contribution in [2.24, 2.45) is 0 Å². The Morgan fingerprint density at radius 3 is 1.77 bits per heavy atom. The van der Waals surface area contributed by atoms with Gasteiger partial charge in [-0.1, -0.05) is 47.5 Å². The highest BCUT2D eigenvalue weighted by Crippen LogP contribution is 2.42. The van der Waals surface area contributed by atoms with Crippen LogP contribution in [0.25, 0.3) is 0 Å². The van der Waals surface area contributed by atoms with E-state index in [1.165, 1.54) is 0 Å². The maximum Gasteiger partial charge on any atom is 0.193 e. The van der Waals surface area contributed by atoms with Crippen LogP contribution in [-0.2, 0) is 23.1 Å². The highest BCUT2D eigenvalue weighted by Gasteiger charge is 2.52. The van der Waals surface area contributed by atoms with Gasteiger partial charge in [-0.15, -0.1) is 0 Å².